The number of amides is 8. The van der Waals surface area contributed by atoms with Crippen LogP contribution in [0.2, 0.25) is 0 Å². The number of urea groups is 1. The van der Waals surface area contributed by atoms with E-state index in [9.17, 15) is 57.5 Å². The zero-order valence-electron chi connectivity index (χ0n) is 69.7. The van der Waals surface area contributed by atoms with E-state index in [0.717, 1.165) is 17.0 Å². The van der Waals surface area contributed by atoms with Gasteiger partial charge in [-0.15, -0.1) is 11.3 Å². The summed E-state index contributed by atoms with van der Waals surface area (Å²) in [7, 11) is 4.79. The van der Waals surface area contributed by atoms with Gasteiger partial charge < -0.3 is 67.4 Å². The first-order valence-corrected chi connectivity index (χ1v) is 40.6. The molecule has 2 aromatic carbocycles. The Morgan fingerprint density at radius 1 is 0.714 bits per heavy atom. The van der Waals surface area contributed by atoms with Crippen LogP contribution < -0.4 is 43.4 Å². The highest BCUT2D eigenvalue weighted by Gasteiger charge is 2.45. The summed E-state index contributed by atoms with van der Waals surface area (Å²) in [6, 6.07) is 12.3. The van der Waals surface area contributed by atoms with E-state index in [-0.39, 0.29) is 143 Å². The second kappa shape index (κ2) is 47.1. The Kier molecular flexibility index (Phi) is 41.4. The molecule has 10 N–H and O–H groups in total. The fourth-order valence-electron chi connectivity index (χ4n) is 14.4. The number of primary amides is 1. The summed E-state index contributed by atoms with van der Waals surface area (Å²) in [4.78, 5) is 173. The predicted octanol–water partition coefficient (Wildman–Crippen LogP) is 11.4. The number of methoxy groups -OCH3 is 2. The fraction of sp³-hybridized carbons (Fsp3) is 0.682. The van der Waals surface area contributed by atoms with E-state index in [4.69, 9.17) is 25.7 Å². The van der Waals surface area contributed by atoms with Crippen molar-refractivity contribution < 1.29 is 71.7 Å². The fourth-order valence-corrected chi connectivity index (χ4v) is 15.2. The summed E-state index contributed by atoms with van der Waals surface area (Å²) >= 11 is 1.53. The molecule has 0 radical (unpaired) electrons. The number of ketones is 5. The molecule has 1 aliphatic heterocycles. The molecule has 13 atom stereocenters. The predicted molar refractivity (Wildman–Crippen MR) is 439 cm³/mol. The third-order valence-electron chi connectivity index (χ3n) is 21.3. The number of likely N-dealkylation sites (N-methyl/N-ethyl adjacent to an activating group) is 1. The van der Waals surface area contributed by atoms with Crippen LogP contribution in [0.15, 0.2) is 66.2 Å². The van der Waals surface area contributed by atoms with Crippen LogP contribution in [0.1, 0.15) is 237 Å². The first-order chi connectivity index (χ1) is 52.0. The van der Waals surface area contributed by atoms with Gasteiger partial charge in [0.25, 0.3) is 0 Å². The molecule has 1 aromatic heterocycles. The van der Waals surface area contributed by atoms with E-state index in [1.165, 1.54) is 39.2 Å². The highest BCUT2D eigenvalue weighted by atomic mass is 32.1. The average molecular weight is 1590 g/mol. The number of likely N-dealkylation sites (tertiary alicyclic amines) is 1. The summed E-state index contributed by atoms with van der Waals surface area (Å²) in [5.74, 6) is -7.12. The number of nitrogens with zero attached hydrogens (tertiary/aromatic N) is 3. The van der Waals surface area contributed by atoms with Gasteiger partial charge in [-0.1, -0.05) is 132 Å². The minimum absolute atomic E-state index is 0. The van der Waals surface area contributed by atoms with Crippen LogP contribution in [-0.2, 0) is 75.2 Å². The molecular formula is C85H137N11O15S. The van der Waals surface area contributed by atoms with E-state index >= 15 is 0 Å². The first-order valence-electron chi connectivity index (χ1n) is 39.7. The van der Waals surface area contributed by atoms with Crippen LogP contribution in [0.3, 0.4) is 0 Å². The second-order valence-electron chi connectivity index (χ2n) is 33.6. The number of nitrogens with two attached hydrogens (primary N) is 2. The lowest BCUT2D eigenvalue weighted by Gasteiger charge is -2.41. The molecule has 2 heterocycles. The molecule has 1 fully saturated rings. The topological polar surface area (TPSA) is 376 Å². The molecule has 26 nitrogen and oxygen atoms in total. The van der Waals surface area contributed by atoms with Crippen LogP contribution in [0.4, 0.5) is 15.3 Å². The van der Waals surface area contributed by atoms with Crippen LogP contribution in [0, 0.1) is 46.8 Å². The minimum atomic E-state index is -1.49. The maximum Gasteiger partial charge on any atom is 0.408 e. The number of aromatic nitrogens is 1. The Labute approximate surface area is 671 Å². The molecule has 112 heavy (non-hydrogen) atoms. The summed E-state index contributed by atoms with van der Waals surface area (Å²) in [6.45, 7) is 29.8. The van der Waals surface area contributed by atoms with Crippen molar-refractivity contribution in [2.45, 2.75) is 287 Å². The van der Waals surface area contributed by atoms with E-state index < -0.39 is 112 Å². The number of ether oxygens (including phenoxy) is 3. The number of alkyl carbamates (subject to hydrolysis) is 1. The molecule has 0 bridgehead atoms. The molecule has 0 unspecified atom stereocenters. The Bertz CT molecular complexity index is 3500. The number of hydrogen-bond donors (Lipinski definition) is 8. The van der Waals surface area contributed by atoms with Crippen molar-refractivity contribution in [1.29, 1.82) is 0 Å². The van der Waals surface area contributed by atoms with E-state index in [0.29, 0.717) is 62.9 Å². The van der Waals surface area contributed by atoms with Crippen molar-refractivity contribution in [3.63, 3.8) is 0 Å². The van der Waals surface area contributed by atoms with Gasteiger partial charge in [-0.05, 0) is 134 Å². The van der Waals surface area contributed by atoms with Crippen molar-refractivity contribution >= 4 is 87.6 Å². The van der Waals surface area contributed by atoms with Crippen LogP contribution >= 0.6 is 11.3 Å². The average Bonchev–Trinajstić information content (AvgIpc) is 1.77. The monoisotopic (exact) mass is 1580 g/mol. The Morgan fingerprint density at radius 2 is 1.34 bits per heavy atom. The Balaban J connectivity index is 0.0000325. The number of Topliss-reactive ketones (excluding diaryl/α,β-unsaturated/α-hetero) is 5. The normalized spacial score (nSPS) is 16.5. The van der Waals surface area contributed by atoms with Crippen molar-refractivity contribution in [2.75, 3.05) is 46.2 Å². The highest BCUT2D eigenvalue weighted by Crippen LogP contribution is 2.35. The summed E-state index contributed by atoms with van der Waals surface area (Å²) in [5.41, 5.74) is 10.8. The van der Waals surface area contributed by atoms with Crippen molar-refractivity contribution in [1.82, 2.24) is 41.4 Å². The molecule has 1 aliphatic rings. The lowest BCUT2D eigenvalue weighted by Crippen LogP contribution is -2.55. The van der Waals surface area contributed by atoms with Gasteiger partial charge >= 0.3 is 12.1 Å². The Hall–Kier alpha value is -7.85. The Morgan fingerprint density at radius 3 is 1.90 bits per heavy atom. The molecule has 628 valence electrons. The molecule has 0 saturated carbocycles. The van der Waals surface area contributed by atoms with Crippen LogP contribution in [0.5, 0.6) is 0 Å². The zero-order chi connectivity index (χ0) is 83.3. The number of thiazole rings is 1. The van der Waals surface area contributed by atoms with Gasteiger partial charge in [0.1, 0.15) is 18.2 Å². The lowest BCUT2D eigenvalue weighted by molar-refractivity contribution is -0.149. The van der Waals surface area contributed by atoms with Crippen LogP contribution in [-0.4, -0.2) is 180 Å². The zero-order valence-corrected chi connectivity index (χ0v) is 70.5. The molecule has 3 aromatic rings. The maximum absolute atomic E-state index is 14.9. The lowest BCUT2D eigenvalue weighted by atomic mass is 9.83. The summed E-state index contributed by atoms with van der Waals surface area (Å²) < 4.78 is 17.9. The molecule has 27 heteroatoms. The van der Waals surface area contributed by atoms with E-state index in [2.05, 4.69) is 49.0 Å². The van der Waals surface area contributed by atoms with Crippen molar-refractivity contribution in [3.05, 3.63) is 82.3 Å². The van der Waals surface area contributed by atoms with Gasteiger partial charge in [-0.3, -0.25) is 47.9 Å². The summed E-state index contributed by atoms with van der Waals surface area (Å²) in [5, 5.41) is 20.0. The number of unbranched alkanes of at least 4 members (excludes halogenated alkanes) is 1. The number of carbonyl (C=O) groups excluding carboxylic acids is 12. The molecule has 4 rings (SSSR count). The molecule has 1 saturated heterocycles. The van der Waals surface area contributed by atoms with Crippen LogP contribution in [0.25, 0.3) is 0 Å². The smallest absolute Gasteiger partial charge is 0.408 e. The highest BCUT2D eigenvalue weighted by molar-refractivity contribution is 7.09. The standard InChI is InChI=1S/C84H133N11O15S.CH4/c1-20-53(6)73(68(108-18)49-71(101)95-42-27-32-64(95)74(109-19)54(7)65(96)47-60(78-88-41-43-111-78)44-56-28-22-21-23-29-56)94(17)79(105)62(51(2)3)48-69(99)84(15,16)93-81(107)110-50-57-33-35-61(36-34-57)90-76(103)59(31-26-40-89-80(86)106)46-67(98)72(52(4)5)91-77(104)58(45-66(97)55(8)85)30-24-25-39-87-70(100)38-37-63(92-83(12,13)14)75(102)82(9,10)11;/h21-23,28-29,33-36,41,43,51-55,58-60,62-64,68,72-74,92H,20,24-27,30-32,37-40,42,44-50,85H2,1-19H3,(H,87,100)(H,90,103)(H,91,104)(H,93,107)(H3,86,89,106);1H4/t53-,54-,55-,58+,59+,60+,62-,63+,64-,68+,72-,73-,74+;/m0./s1. The number of rotatable bonds is 49. The first kappa shape index (κ1) is 98.3. The van der Waals surface area contributed by atoms with Gasteiger partial charge in [0, 0.05) is 131 Å². The van der Waals surface area contributed by atoms with Gasteiger partial charge in [-0.25, -0.2) is 14.6 Å². The SMILES string of the molecule is C.CC[C@H](C)[C@@H]([C@@H](CC(=O)N1CCC[C@H]1[C@H](OC)[C@@H](C)C(=O)C[C@@H](Cc1ccccc1)c1nccs1)OC)N(C)C(=O)[C@@H](CC(=O)C(C)(C)NC(=O)OCc1ccc(NC(=O)[C@H](CCCNC(N)=O)CC(=O)[C@@H](NC(=O)[C@H](CCCCNC(=O)CC[C@@H](NC(C)(C)C)C(=O)C(C)(C)C)CC(=O)[C@H](C)N)C(C)C)cc1)C(C)C. The molecule has 0 aliphatic carbocycles. The quantitative estimate of drug-likeness (QED) is 0.0243. The molecule has 0 spiro atoms. The number of anilines is 1. The number of benzene rings is 2. The van der Waals surface area contributed by atoms with E-state index in [1.807, 2.05) is 105 Å². The van der Waals surface area contributed by atoms with Crippen molar-refractivity contribution in [3.8, 4) is 0 Å². The third-order valence-corrected chi connectivity index (χ3v) is 22.2. The number of nitrogens with one attached hydrogen (secondary N) is 6. The number of carbonyl (C=O) groups is 12. The second-order valence-corrected chi connectivity index (χ2v) is 34.6. The molecule has 8 amide bonds. The van der Waals surface area contributed by atoms with Gasteiger partial charge in [0.15, 0.2) is 17.3 Å². The van der Waals surface area contributed by atoms with Crippen molar-refractivity contribution in [2.24, 2.45) is 58.3 Å². The minimum Gasteiger partial charge on any atom is -0.445 e. The maximum atomic E-state index is 14.9. The molecular weight excluding hydrogens is 1450 g/mol. The number of hydrogen-bond acceptors (Lipinski definition) is 19. The van der Waals surface area contributed by atoms with Gasteiger partial charge in [0.05, 0.1) is 59.4 Å². The van der Waals surface area contributed by atoms with Gasteiger partial charge in [-0.2, -0.15) is 0 Å². The largest absolute Gasteiger partial charge is 0.445 e. The van der Waals surface area contributed by atoms with Gasteiger partial charge in [0.2, 0.25) is 29.5 Å². The summed E-state index contributed by atoms with van der Waals surface area (Å²) in [6.07, 6.45) is 3.74. The third kappa shape index (κ3) is 32.2. The van der Waals surface area contributed by atoms with E-state index in [1.54, 1.807) is 63.4 Å².